The largest absolute Gasteiger partial charge is 0.508 e. The van der Waals surface area contributed by atoms with E-state index in [2.05, 4.69) is 4.98 Å². The molecule has 92 valence electrons. The Kier molecular flexibility index (Phi) is 2.78. The van der Waals surface area contributed by atoms with Crippen LogP contribution in [-0.4, -0.2) is 10.1 Å². The Morgan fingerprint density at radius 3 is 2.58 bits per heavy atom. The number of benzene rings is 2. The fraction of sp³-hybridized carbons (Fsp3) is 0. The normalized spacial score (nSPS) is 10.3. The minimum atomic E-state index is 0.198. The van der Waals surface area contributed by atoms with Crippen LogP contribution in [0, 0.1) is 11.3 Å². The number of rotatable bonds is 2. The van der Waals surface area contributed by atoms with Gasteiger partial charge in [-0.2, -0.15) is 5.26 Å². The Morgan fingerprint density at radius 2 is 1.84 bits per heavy atom. The summed E-state index contributed by atoms with van der Waals surface area (Å²) in [5.74, 6) is 1.51. The van der Waals surface area contributed by atoms with Crippen LogP contribution in [0.3, 0.4) is 0 Å². The molecule has 0 aliphatic rings. The topological polar surface area (TPSA) is 66.1 Å². The van der Waals surface area contributed by atoms with Crippen molar-refractivity contribution >= 4 is 21.6 Å². The molecule has 0 radical (unpaired) electrons. The van der Waals surface area contributed by atoms with Gasteiger partial charge in [-0.1, -0.05) is 0 Å². The molecular formula is C14H8N2O2S. The van der Waals surface area contributed by atoms with Gasteiger partial charge in [0.2, 0.25) is 0 Å². The van der Waals surface area contributed by atoms with Gasteiger partial charge < -0.3 is 9.84 Å². The highest BCUT2D eigenvalue weighted by Crippen LogP contribution is 2.29. The molecule has 3 aromatic rings. The number of aromatic hydroxyl groups is 1. The van der Waals surface area contributed by atoms with Crippen LogP contribution in [-0.2, 0) is 0 Å². The smallest absolute Gasteiger partial charge is 0.195 e. The third-order valence-corrected chi connectivity index (χ3v) is 3.45. The SMILES string of the molecule is N#Cc1nc2ccc(Oc3ccc(O)cc3)cc2s1. The quantitative estimate of drug-likeness (QED) is 0.770. The molecule has 0 bridgehead atoms. The van der Waals surface area contributed by atoms with Crippen molar-refractivity contribution < 1.29 is 9.84 Å². The zero-order valence-corrected chi connectivity index (χ0v) is 10.5. The summed E-state index contributed by atoms with van der Waals surface area (Å²) in [7, 11) is 0. The number of phenolic OH excluding ortho intramolecular Hbond substituents is 1. The number of aromatic nitrogens is 1. The van der Waals surface area contributed by atoms with Crippen molar-refractivity contribution in [2.75, 3.05) is 0 Å². The van der Waals surface area contributed by atoms with E-state index in [-0.39, 0.29) is 5.75 Å². The second-order valence-electron chi connectivity index (χ2n) is 3.86. The zero-order chi connectivity index (χ0) is 13.2. The first kappa shape index (κ1) is 11.5. The lowest BCUT2D eigenvalue weighted by Gasteiger charge is -2.05. The summed E-state index contributed by atoms with van der Waals surface area (Å²) in [4.78, 5) is 4.16. The third-order valence-electron chi connectivity index (χ3n) is 2.53. The van der Waals surface area contributed by atoms with Crippen molar-refractivity contribution in [3.05, 3.63) is 47.5 Å². The van der Waals surface area contributed by atoms with Gasteiger partial charge in [0.25, 0.3) is 0 Å². The van der Waals surface area contributed by atoms with Crippen LogP contribution in [0.15, 0.2) is 42.5 Å². The first-order valence-corrected chi connectivity index (χ1v) is 6.34. The predicted molar refractivity (Wildman–Crippen MR) is 72.5 cm³/mol. The van der Waals surface area contributed by atoms with E-state index in [4.69, 9.17) is 10.00 Å². The number of nitriles is 1. The summed E-state index contributed by atoms with van der Waals surface area (Å²) in [5, 5.41) is 18.5. The number of hydrogen-bond donors (Lipinski definition) is 1. The van der Waals surface area contributed by atoms with E-state index < -0.39 is 0 Å². The van der Waals surface area contributed by atoms with E-state index in [0.717, 1.165) is 10.2 Å². The second-order valence-corrected chi connectivity index (χ2v) is 4.89. The average Bonchev–Trinajstić information content (AvgIpc) is 2.83. The molecule has 0 saturated heterocycles. The van der Waals surface area contributed by atoms with E-state index in [0.29, 0.717) is 16.5 Å². The molecule has 3 rings (SSSR count). The molecule has 1 N–H and O–H groups in total. The number of fused-ring (bicyclic) bond motifs is 1. The molecule has 19 heavy (non-hydrogen) atoms. The Bertz CT molecular complexity index is 772. The second kappa shape index (κ2) is 4.59. The maximum Gasteiger partial charge on any atom is 0.195 e. The molecule has 0 fully saturated rings. The number of hydrogen-bond acceptors (Lipinski definition) is 5. The lowest BCUT2D eigenvalue weighted by atomic mass is 10.3. The fourth-order valence-electron chi connectivity index (χ4n) is 1.67. The summed E-state index contributed by atoms with van der Waals surface area (Å²) >= 11 is 1.33. The molecule has 0 aliphatic heterocycles. The monoisotopic (exact) mass is 268 g/mol. The summed E-state index contributed by atoms with van der Waals surface area (Å²) in [6.07, 6.45) is 0. The molecular weight excluding hydrogens is 260 g/mol. The van der Waals surface area contributed by atoms with Crippen molar-refractivity contribution in [3.8, 4) is 23.3 Å². The van der Waals surface area contributed by atoms with Crippen LogP contribution in [0.2, 0.25) is 0 Å². The Balaban J connectivity index is 1.93. The van der Waals surface area contributed by atoms with Gasteiger partial charge in [0.1, 0.15) is 23.3 Å². The van der Waals surface area contributed by atoms with E-state index in [1.807, 2.05) is 18.2 Å². The van der Waals surface area contributed by atoms with Crippen LogP contribution in [0.1, 0.15) is 5.01 Å². The van der Waals surface area contributed by atoms with Crippen LogP contribution in [0.5, 0.6) is 17.2 Å². The molecule has 1 heterocycles. The zero-order valence-electron chi connectivity index (χ0n) is 9.70. The summed E-state index contributed by atoms with van der Waals surface area (Å²) in [6.45, 7) is 0. The van der Waals surface area contributed by atoms with Crippen LogP contribution >= 0.6 is 11.3 Å². The van der Waals surface area contributed by atoms with Crippen LogP contribution < -0.4 is 4.74 Å². The molecule has 0 amide bonds. The number of thiazole rings is 1. The standard InChI is InChI=1S/C14H8N2O2S/c15-8-14-16-12-6-5-11(7-13(12)19-14)18-10-3-1-9(17)2-4-10/h1-7,17H. The van der Waals surface area contributed by atoms with Crippen LogP contribution in [0.4, 0.5) is 0 Å². The Morgan fingerprint density at radius 1 is 1.11 bits per heavy atom. The predicted octanol–water partition coefficient (Wildman–Crippen LogP) is 3.67. The van der Waals surface area contributed by atoms with Crippen molar-refractivity contribution in [1.29, 1.82) is 5.26 Å². The Hall–Kier alpha value is -2.58. The first-order chi connectivity index (χ1) is 9.24. The van der Waals surface area contributed by atoms with Crippen molar-refractivity contribution in [3.63, 3.8) is 0 Å². The lowest BCUT2D eigenvalue weighted by molar-refractivity contribution is 0.464. The third kappa shape index (κ3) is 2.34. The molecule has 4 nitrogen and oxygen atoms in total. The molecule has 5 heteroatoms. The fourth-order valence-corrected chi connectivity index (χ4v) is 2.46. The highest BCUT2D eigenvalue weighted by Gasteiger charge is 2.05. The van der Waals surface area contributed by atoms with Crippen molar-refractivity contribution in [2.24, 2.45) is 0 Å². The van der Waals surface area contributed by atoms with Gasteiger partial charge in [-0.05, 0) is 36.4 Å². The molecule has 0 spiro atoms. The van der Waals surface area contributed by atoms with E-state index in [9.17, 15) is 5.11 Å². The van der Waals surface area contributed by atoms with Gasteiger partial charge in [-0.15, -0.1) is 11.3 Å². The first-order valence-electron chi connectivity index (χ1n) is 5.52. The molecule has 1 aromatic heterocycles. The Labute approximate surface area is 113 Å². The highest BCUT2D eigenvalue weighted by molar-refractivity contribution is 7.19. The molecule has 2 aromatic carbocycles. The summed E-state index contributed by atoms with van der Waals surface area (Å²) in [6, 6.07) is 14.0. The van der Waals surface area contributed by atoms with E-state index in [1.54, 1.807) is 30.3 Å². The molecule has 0 unspecified atom stereocenters. The van der Waals surface area contributed by atoms with Gasteiger partial charge in [0.05, 0.1) is 10.2 Å². The van der Waals surface area contributed by atoms with Gasteiger partial charge in [0.15, 0.2) is 5.01 Å². The summed E-state index contributed by atoms with van der Waals surface area (Å²) < 4.78 is 6.58. The molecule has 0 saturated carbocycles. The number of phenols is 1. The van der Waals surface area contributed by atoms with E-state index in [1.165, 1.54) is 11.3 Å². The van der Waals surface area contributed by atoms with Gasteiger partial charge in [-0.25, -0.2) is 4.98 Å². The van der Waals surface area contributed by atoms with Crippen molar-refractivity contribution in [2.45, 2.75) is 0 Å². The average molecular weight is 268 g/mol. The van der Waals surface area contributed by atoms with Crippen LogP contribution in [0.25, 0.3) is 10.2 Å². The van der Waals surface area contributed by atoms with Gasteiger partial charge >= 0.3 is 0 Å². The maximum atomic E-state index is 9.20. The lowest BCUT2D eigenvalue weighted by Crippen LogP contribution is -1.83. The maximum absolute atomic E-state index is 9.20. The van der Waals surface area contributed by atoms with E-state index >= 15 is 0 Å². The minimum Gasteiger partial charge on any atom is -0.508 e. The van der Waals surface area contributed by atoms with Gasteiger partial charge in [0, 0.05) is 6.07 Å². The summed E-state index contributed by atoms with van der Waals surface area (Å²) in [5.41, 5.74) is 0.791. The highest BCUT2D eigenvalue weighted by atomic mass is 32.1. The minimum absolute atomic E-state index is 0.198. The number of ether oxygens (including phenoxy) is 1. The van der Waals surface area contributed by atoms with Gasteiger partial charge in [-0.3, -0.25) is 0 Å². The van der Waals surface area contributed by atoms with Crippen molar-refractivity contribution in [1.82, 2.24) is 4.98 Å². The molecule has 0 aliphatic carbocycles. The molecule has 0 atom stereocenters. The number of nitrogens with zero attached hydrogens (tertiary/aromatic N) is 2.